The van der Waals surface area contributed by atoms with E-state index in [1.165, 1.54) is 30.2 Å². The highest BCUT2D eigenvalue weighted by molar-refractivity contribution is 8.00. The summed E-state index contributed by atoms with van der Waals surface area (Å²) in [4.78, 5) is 11.4. The number of methoxy groups -OCH3 is 1. The third kappa shape index (κ3) is 3.72. The minimum Gasteiger partial charge on any atom is -0.463 e. The maximum absolute atomic E-state index is 11.4. The van der Waals surface area contributed by atoms with Gasteiger partial charge >= 0.3 is 5.97 Å². The zero-order valence-corrected chi connectivity index (χ0v) is 14.5. The lowest BCUT2D eigenvalue weighted by Gasteiger charge is -1.98. The molecule has 0 spiro atoms. The molecule has 0 aliphatic rings. The van der Waals surface area contributed by atoms with Crippen molar-refractivity contribution >= 4 is 41.3 Å². The molecule has 0 amide bonds. The lowest BCUT2D eigenvalue weighted by Crippen LogP contribution is -1.98. The lowest BCUT2D eigenvalue weighted by atomic mass is 10.3. The van der Waals surface area contributed by atoms with Gasteiger partial charge in [0.1, 0.15) is 5.76 Å². The van der Waals surface area contributed by atoms with E-state index in [1.807, 2.05) is 30.3 Å². The van der Waals surface area contributed by atoms with Crippen LogP contribution in [0.5, 0.6) is 0 Å². The van der Waals surface area contributed by atoms with Crippen molar-refractivity contribution in [2.24, 2.45) is 0 Å². The van der Waals surface area contributed by atoms with E-state index in [4.69, 9.17) is 16.6 Å². The van der Waals surface area contributed by atoms with Crippen LogP contribution >= 0.6 is 35.3 Å². The standard InChI is InChI=1S/C15H12N2O3S3/c1-19-13(18)12-8-7-11(20-12)9-22-14-16-17(15(21)23-14)10-5-3-2-4-6-10/h2-8H,9H2,1H3. The molecule has 23 heavy (non-hydrogen) atoms. The van der Waals surface area contributed by atoms with Gasteiger partial charge in [0.2, 0.25) is 5.76 Å². The first-order valence-electron chi connectivity index (χ1n) is 6.63. The van der Waals surface area contributed by atoms with Crippen LogP contribution in [-0.2, 0) is 10.5 Å². The summed E-state index contributed by atoms with van der Waals surface area (Å²) in [5, 5.41) is 4.51. The minimum absolute atomic E-state index is 0.200. The summed E-state index contributed by atoms with van der Waals surface area (Å²) in [6, 6.07) is 13.1. The molecule has 0 bridgehead atoms. The predicted molar refractivity (Wildman–Crippen MR) is 91.9 cm³/mol. The molecule has 2 aromatic heterocycles. The van der Waals surface area contributed by atoms with E-state index in [9.17, 15) is 4.79 Å². The second-order valence-corrected chi connectivity index (χ2v) is 7.27. The molecule has 0 saturated carbocycles. The summed E-state index contributed by atoms with van der Waals surface area (Å²) in [5.74, 6) is 0.965. The number of hydrogen-bond acceptors (Lipinski definition) is 7. The van der Waals surface area contributed by atoms with Gasteiger partial charge < -0.3 is 9.15 Å². The molecular formula is C15H12N2O3S3. The quantitative estimate of drug-likeness (QED) is 0.381. The zero-order chi connectivity index (χ0) is 16.2. The van der Waals surface area contributed by atoms with Crippen molar-refractivity contribution in [3.05, 3.63) is 57.9 Å². The Morgan fingerprint density at radius 3 is 2.87 bits per heavy atom. The number of furan rings is 1. The zero-order valence-electron chi connectivity index (χ0n) is 12.1. The van der Waals surface area contributed by atoms with E-state index in [2.05, 4.69) is 9.84 Å². The number of para-hydroxylation sites is 1. The number of nitrogens with zero attached hydrogens (tertiary/aromatic N) is 2. The van der Waals surface area contributed by atoms with Crippen LogP contribution in [0, 0.1) is 3.95 Å². The molecule has 0 fully saturated rings. The summed E-state index contributed by atoms with van der Waals surface area (Å²) < 4.78 is 13.3. The number of aromatic nitrogens is 2. The fourth-order valence-corrected chi connectivity index (χ4v) is 4.11. The van der Waals surface area contributed by atoms with E-state index in [1.54, 1.807) is 16.8 Å². The van der Waals surface area contributed by atoms with Crippen LogP contribution in [0.4, 0.5) is 0 Å². The second kappa shape index (κ2) is 7.12. The fourth-order valence-electron chi connectivity index (χ4n) is 1.85. The number of esters is 1. The van der Waals surface area contributed by atoms with Crippen LogP contribution in [0.25, 0.3) is 5.69 Å². The summed E-state index contributed by atoms with van der Waals surface area (Å²) in [6.07, 6.45) is 0. The average Bonchev–Trinajstić information content (AvgIpc) is 3.19. The molecule has 0 atom stereocenters. The maximum atomic E-state index is 11.4. The molecule has 3 aromatic rings. The van der Waals surface area contributed by atoms with Gasteiger partial charge in [-0.2, -0.15) is 0 Å². The molecule has 3 rings (SSSR count). The Bertz CT molecular complexity index is 867. The highest BCUT2D eigenvalue weighted by Gasteiger charge is 2.12. The van der Waals surface area contributed by atoms with E-state index in [0.29, 0.717) is 15.5 Å². The highest BCUT2D eigenvalue weighted by atomic mass is 32.2. The van der Waals surface area contributed by atoms with Crippen LogP contribution < -0.4 is 0 Å². The molecule has 0 unspecified atom stereocenters. The number of hydrogen-bond donors (Lipinski definition) is 0. The summed E-state index contributed by atoms with van der Waals surface area (Å²) in [6.45, 7) is 0. The van der Waals surface area contributed by atoms with E-state index in [0.717, 1.165) is 10.0 Å². The normalized spacial score (nSPS) is 10.7. The van der Waals surface area contributed by atoms with E-state index in [-0.39, 0.29) is 5.76 Å². The van der Waals surface area contributed by atoms with E-state index >= 15 is 0 Å². The number of benzene rings is 1. The van der Waals surface area contributed by atoms with Gasteiger partial charge in [0.15, 0.2) is 8.29 Å². The Morgan fingerprint density at radius 1 is 1.35 bits per heavy atom. The average molecular weight is 364 g/mol. The van der Waals surface area contributed by atoms with Gasteiger partial charge in [-0.1, -0.05) is 41.3 Å². The Balaban J connectivity index is 1.71. The number of carbonyl (C=O) groups excluding carboxylic acids is 1. The van der Waals surface area contributed by atoms with Crippen molar-refractivity contribution in [1.82, 2.24) is 9.78 Å². The van der Waals surface area contributed by atoms with Crippen molar-refractivity contribution in [3.63, 3.8) is 0 Å². The summed E-state index contributed by atoms with van der Waals surface area (Å²) in [5.41, 5.74) is 0.937. The molecule has 0 aliphatic carbocycles. The van der Waals surface area contributed by atoms with Crippen LogP contribution in [-0.4, -0.2) is 22.9 Å². The highest BCUT2D eigenvalue weighted by Crippen LogP contribution is 2.27. The Morgan fingerprint density at radius 2 is 2.13 bits per heavy atom. The van der Waals surface area contributed by atoms with Crippen molar-refractivity contribution in [3.8, 4) is 5.69 Å². The van der Waals surface area contributed by atoms with Crippen molar-refractivity contribution in [2.45, 2.75) is 10.1 Å². The van der Waals surface area contributed by atoms with Crippen LogP contribution in [0.2, 0.25) is 0 Å². The van der Waals surface area contributed by atoms with E-state index < -0.39 is 5.97 Å². The molecule has 5 nitrogen and oxygen atoms in total. The van der Waals surface area contributed by atoms with Gasteiger partial charge in [-0.3, -0.25) is 0 Å². The third-order valence-corrected chi connectivity index (χ3v) is 5.30. The summed E-state index contributed by atoms with van der Waals surface area (Å²) >= 11 is 8.31. The Kier molecular flexibility index (Phi) is 4.94. The largest absolute Gasteiger partial charge is 0.463 e. The first-order valence-corrected chi connectivity index (χ1v) is 8.84. The topological polar surface area (TPSA) is 57.3 Å². The molecule has 0 aliphatic heterocycles. The molecule has 118 valence electrons. The number of ether oxygens (including phenoxy) is 1. The molecular weight excluding hydrogens is 352 g/mol. The molecule has 0 radical (unpaired) electrons. The van der Waals surface area contributed by atoms with Gasteiger partial charge in [-0.25, -0.2) is 9.48 Å². The predicted octanol–water partition coefficient (Wildman–Crippen LogP) is 4.34. The number of thioether (sulfide) groups is 1. The third-order valence-electron chi connectivity index (χ3n) is 2.92. The first-order chi connectivity index (χ1) is 11.2. The number of rotatable bonds is 5. The molecule has 0 saturated heterocycles. The van der Waals surface area contributed by atoms with Crippen LogP contribution in [0.1, 0.15) is 16.3 Å². The van der Waals surface area contributed by atoms with Crippen molar-refractivity contribution < 1.29 is 13.9 Å². The smallest absolute Gasteiger partial charge is 0.373 e. The van der Waals surface area contributed by atoms with Gasteiger partial charge in [0.05, 0.1) is 18.6 Å². The fraction of sp³-hybridized carbons (Fsp3) is 0.133. The van der Waals surface area contributed by atoms with Crippen molar-refractivity contribution in [2.75, 3.05) is 7.11 Å². The second-order valence-electron chi connectivity index (χ2n) is 4.43. The van der Waals surface area contributed by atoms with Gasteiger partial charge in [-0.15, -0.1) is 5.10 Å². The monoisotopic (exact) mass is 364 g/mol. The lowest BCUT2D eigenvalue weighted by molar-refractivity contribution is 0.0563. The maximum Gasteiger partial charge on any atom is 0.373 e. The van der Waals surface area contributed by atoms with Crippen molar-refractivity contribution in [1.29, 1.82) is 0 Å². The Hall–Kier alpha value is -1.90. The molecule has 1 aromatic carbocycles. The van der Waals surface area contributed by atoms with Gasteiger partial charge in [0.25, 0.3) is 0 Å². The molecule has 2 heterocycles. The minimum atomic E-state index is -0.481. The number of carbonyl (C=O) groups is 1. The summed E-state index contributed by atoms with van der Waals surface area (Å²) in [7, 11) is 1.32. The van der Waals surface area contributed by atoms with Gasteiger partial charge in [0, 0.05) is 0 Å². The molecule has 8 heteroatoms. The Labute approximate surface area is 145 Å². The van der Waals surface area contributed by atoms with Crippen LogP contribution in [0.15, 0.2) is 51.2 Å². The van der Waals surface area contributed by atoms with Gasteiger partial charge in [-0.05, 0) is 36.5 Å². The van der Waals surface area contributed by atoms with Crippen LogP contribution in [0.3, 0.4) is 0 Å². The first kappa shape index (κ1) is 16.0. The molecule has 0 N–H and O–H groups in total. The SMILES string of the molecule is COC(=O)c1ccc(CSc2nn(-c3ccccc3)c(=S)s2)o1.